The number of halogens is 1. The van der Waals surface area contributed by atoms with Gasteiger partial charge >= 0.3 is 0 Å². The Balaban J connectivity index is 1.49. The average Bonchev–Trinajstić information content (AvgIpc) is 2.61. The molecule has 1 aliphatic heterocycles. The zero-order chi connectivity index (χ0) is 17.6. The quantitative estimate of drug-likeness (QED) is 0.818. The number of carbonyl (C=O) groups excluding carboxylic acids is 1. The van der Waals surface area contributed by atoms with Crippen LogP contribution in [0.1, 0.15) is 24.1 Å². The van der Waals surface area contributed by atoms with Crippen molar-refractivity contribution in [1.82, 2.24) is 5.32 Å². The predicted molar refractivity (Wildman–Crippen MR) is 102 cm³/mol. The van der Waals surface area contributed by atoms with Crippen LogP contribution in [0.3, 0.4) is 0 Å². The van der Waals surface area contributed by atoms with Crippen LogP contribution in [0.5, 0.6) is 11.5 Å². The largest absolute Gasteiger partial charge is 0.486 e. The van der Waals surface area contributed by atoms with Crippen LogP contribution < -0.4 is 14.8 Å². The molecule has 1 aliphatic rings. The van der Waals surface area contributed by atoms with Crippen LogP contribution in [0.15, 0.2) is 42.5 Å². The Morgan fingerprint density at radius 3 is 2.80 bits per heavy atom. The highest BCUT2D eigenvalue weighted by Gasteiger charge is 2.15. The molecular weight excluding hydrogens is 358 g/mol. The van der Waals surface area contributed by atoms with E-state index in [9.17, 15) is 4.79 Å². The minimum atomic E-state index is -0.0879. The zero-order valence-corrected chi connectivity index (χ0v) is 15.5. The van der Waals surface area contributed by atoms with Gasteiger partial charge in [0, 0.05) is 10.8 Å². The molecule has 2 aromatic carbocycles. The van der Waals surface area contributed by atoms with Crippen molar-refractivity contribution in [2.24, 2.45) is 0 Å². The smallest absolute Gasteiger partial charge is 0.230 e. The predicted octanol–water partition coefficient (Wildman–Crippen LogP) is 4.22. The van der Waals surface area contributed by atoms with Gasteiger partial charge < -0.3 is 14.8 Å². The molecule has 1 atom stereocenters. The molecule has 6 heteroatoms. The molecule has 0 spiro atoms. The minimum Gasteiger partial charge on any atom is -0.486 e. The van der Waals surface area contributed by atoms with Crippen molar-refractivity contribution >= 4 is 29.3 Å². The summed E-state index contributed by atoms with van der Waals surface area (Å²) in [5.41, 5.74) is 2.11. The molecule has 4 nitrogen and oxygen atoms in total. The fourth-order valence-corrected chi connectivity index (χ4v) is 3.58. The van der Waals surface area contributed by atoms with Gasteiger partial charge in [-0.2, -0.15) is 0 Å². The fraction of sp³-hybridized carbons (Fsp3) is 0.316. The van der Waals surface area contributed by atoms with E-state index in [4.69, 9.17) is 21.1 Å². The lowest BCUT2D eigenvalue weighted by Crippen LogP contribution is -2.28. The molecule has 0 fully saturated rings. The Kier molecular flexibility index (Phi) is 6.10. The normalized spacial score (nSPS) is 14.0. The van der Waals surface area contributed by atoms with Gasteiger partial charge in [-0.3, -0.25) is 4.79 Å². The third kappa shape index (κ3) is 5.06. The van der Waals surface area contributed by atoms with Gasteiger partial charge in [-0.25, -0.2) is 0 Å². The van der Waals surface area contributed by atoms with Crippen molar-refractivity contribution in [3.05, 3.63) is 58.6 Å². The summed E-state index contributed by atoms with van der Waals surface area (Å²) in [6.07, 6.45) is 0. The van der Waals surface area contributed by atoms with E-state index in [1.807, 2.05) is 49.4 Å². The van der Waals surface area contributed by atoms with Crippen molar-refractivity contribution in [3.8, 4) is 11.5 Å². The third-order valence-corrected chi connectivity index (χ3v) is 5.07. The van der Waals surface area contributed by atoms with Gasteiger partial charge in [0.15, 0.2) is 11.5 Å². The number of hydrogen-bond acceptors (Lipinski definition) is 4. The molecule has 1 amide bonds. The van der Waals surface area contributed by atoms with E-state index in [2.05, 4.69) is 5.32 Å². The van der Waals surface area contributed by atoms with E-state index < -0.39 is 0 Å². The molecule has 2 aromatic rings. The van der Waals surface area contributed by atoms with E-state index in [1.165, 1.54) is 0 Å². The van der Waals surface area contributed by atoms with Gasteiger partial charge in [0.2, 0.25) is 5.91 Å². The Bertz CT molecular complexity index is 753. The second-order valence-corrected chi connectivity index (χ2v) is 7.24. The van der Waals surface area contributed by atoms with Crippen molar-refractivity contribution < 1.29 is 14.3 Å². The van der Waals surface area contributed by atoms with Crippen LogP contribution in [-0.2, 0) is 10.5 Å². The maximum absolute atomic E-state index is 12.2. The minimum absolute atomic E-state index is 0.00872. The van der Waals surface area contributed by atoms with Gasteiger partial charge in [0.1, 0.15) is 13.2 Å². The molecule has 3 rings (SSSR count). The summed E-state index contributed by atoms with van der Waals surface area (Å²) in [4.78, 5) is 12.2. The number of nitrogens with one attached hydrogen (secondary N) is 1. The molecule has 0 saturated heterocycles. The summed E-state index contributed by atoms with van der Waals surface area (Å²) in [6, 6.07) is 13.4. The summed E-state index contributed by atoms with van der Waals surface area (Å²) >= 11 is 7.53. The Labute approximate surface area is 156 Å². The van der Waals surface area contributed by atoms with Gasteiger partial charge in [-0.05, 0) is 42.3 Å². The summed E-state index contributed by atoms with van der Waals surface area (Å²) in [5.74, 6) is 2.66. The van der Waals surface area contributed by atoms with E-state index in [1.54, 1.807) is 11.8 Å². The first-order valence-corrected chi connectivity index (χ1v) is 9.66. The molecular formula is C19H20ClNO3S. The SMILES string of the molecule is C[C@H](NC(=O)CSCc1cccc(Cl)c1)c1ccc2c(c1)OCCO2. The second-order valence-electron chi connectivity index (χ2n) is 5.82. The molecule has 132 valence electrons. The lowest BCUT2D eigenvalue weighted by Gasteiger charge is -2.21. The lowest BCUT2D eigenvalue weighted by molar-refractivity contribution is -0.119. The number of amides is 1. The maximum atomic E-state index is 12.2. The molecule has 0 aromatic heterocycles. The first kappa shape index (κ1) is 18.0. The highest BCUT2D eigenvalue weighted by molar-refractivity contribution is 7.99. The Morgan fingerprint density at radius 2 is 2.00 bits per heavy atom. The molecule has 25 heavy (non-hydrogen) atoms. The van der Waals surface area contributed by atoms with Gasteiger partial charge in [-0.15, -0.1) is 11.8 Å². The van der Waals surface area contributed by atoms with Crippen molar-refractivity contribution in [1.29, 1.82) is 0 Å². The van der Waals surface area contributed by atoms with Gasteiger partial charge in [-0.1, -0.05) is 29.8 Å². The van der Waals surface area contributed by atoms with Crippen molar-refractivity contribution in [2.45, 2.75) is 18.7 Å². The Morgan fingerprint density at radius 1 is 1.20 bits per heavy atom. The van der Waals surface area contributed by atoms with Crippen LogP contribution in [-0.4, -0.2) is 24.9 Å². The van der Waals surface area contributed by atoms with Crippen LogP contribution in [0, 0.1) is 0 Å². The van der Waals surface area contributed by atoms with Crippen molar-refractivity contribution in [3.63, 3.8) is 0 Å². The monoisotopic (exact) mass is 377 g/mol. The fourth-order valence-electron chi connectivity index (χ4n) is 2.58. The number of rotatable bonds is 6. The number of thioether (sulfide) groups is 1. The summed E-state index contributed by atoms with van der Waals surface area (Å²) in [7, 11) is 0. The number of benzene rings is 2. The molecule has 0 aliphatic carbocycles. The second kappa shape index (κ2) is 8.50. The molecule has 0 radical (unpaired) electrons. The highest BCUT2D eigenvalue weighted by atomic mass is 35.5. The Hall–Kier alpha value is -1.85. The van der Waals surface area contributed by atoms with Crippen LogP contribution in [0.2, 0.25) is 5.02 Å². The summed E-state index contributed by atoms with van der Waals surface area (Å²) < 4.78 is 11.1. The highest BCUT2D eigenvalue weighted by Crippen LogP contribution is 2.32. The molecule has 1 heterocycles. The third-order valence-electron chi connectivity index (χ3n) is 3.83. The molecule has 1 N–H and O–H groups in total. The van der Waals surface area contributed by atoms with Crippen LogP contribution in [0.4, 0.5) is 0 Å². The van der Waals surface area contributed by atoms with E-state index >= 15 is 0 Å². The number of hydrogen-bond donors (Lipinski definition) is 1. The number of fused-ring (bicyclic) bond motifs is 1. The van der Waals surface area contributed by atoms with Gasteiger partial charge in [0.25, 0.3) is 0 Å². The standard InChI is InChI=1S/C19H20ClNO3S/c1-13(15-5-6-17-18(10-15)24-8-7-23-17)21-19(22)12-25-11-14-3-2-4-16(20)9-14/h2-6,9-10,13H,7-8,11-12H2,1H3,(H,21,22)/t13-/m0/s1. The molecule has 0 unspecified atom stereocenters. The lowest BCUT2D eigenvalue weighted by atomic mass is 10.1. The topological polar surface area (TPSA) is 47.6 Å². The van der Waals surface area contributed by atoms with E-state index in [0.717, 1.165) is 33.4 Å². The molecule has 0 bridgehead atoms. The van der Waals surface area contributed by atoms with Crippen LogP contribution >= 0.6 is 23.4 Å². The first-order valence-electron chi connectivity index (χ1n) is 8.13. The maximum Gasteiger partial charge on any atom is 0.230 e. The summed E-state index contributed by atoms with van der Waals surface area (Å²) in [6.45, 7) is 3.09. The number of carbonyl (C=O) groups is 1. The van der Waals surface area contributed by atoms with Crippen molar-refractivity contribution in [2.75, 3.05) is 19.0 Å². The number of ether oxygens (including phenoxy) is 2. The van der Waals surface area contributed by atoms with Gasteiger partial charge in [0.05, 0.1) is 11.8 Å². The molecule has 0 saturated carbocycles. The van der Waals surface area contributed by atoms with E-state index in [-0.39, 0.29) is 11.9 Å². The average molecular weight is 378 g/mol. The summed E-state index contributed by atoms with van der Waals surface area (Å²) in [5, 5.41) is 3.74. The first-order chi connectivity index (χ1) is 12.1. The van der Waals surface area contributed by atoms with E-state index in [0.29, 0.717) is 19.0 Å². The zero-order valence-electron chi connectivity index (χ0n) is 14.0. The van der Waals surface area contributed by atoms with Crippen LogP contribution in [0.25, 0.3) is 0 Å².